The van der Waals surface area contributed by atoms with E-state index in [4.69, 9.17) is 4.74 Å². The first-order chi connectivity index (χ1) is 24.4. The summed E-state index contributed by atoms with van der Waals surface area (Å²) in [5.74, 6) is -1.04. The van der Waals surface area contributed by atoms with E-state index in [1.54, 1.807) is 31.4 Å². The van der Waals surface area contributed by atoms with Gasteiger partial charge in [-0.05, 0) is 60.9 Å². The van der Waals surface area contributed by atoms with Gasteiger partial charge in [0.05, 0.1) is 37.6 Å². The molecule has 51 heavy (non-hydrogen) atoms. The molecule has 1 aliphatic heterocycles. The summed E-state index contributed by atoms with van der Waals surface area (Å²) in [5, 5.41) is 31.2. The Morgan fingerprint density at radius 3 is 2.43 bits per heavy atom. The van der Waals surface area contributed by atoms with Gasteiger partial charge in [-0.1, -0.05) is 66.7 Å². The summed E-state index contributed by atoms with van der Waals surface area (Å²) < 4.78 is 4.54. The van der Waals surface area contributed by atoms with E-state index >= 15 is 0 Å². The van der Waals surface area contributed by atoms with Crippen molar-refractivity contribution in [1.29, 1.82) is 0 Å². The molecule has 1 heterocycles. The van der Waals surface area contributed by atoms with Crippen LogP contribution in [0.4, 0.5) is 0 Å². The number of methoxy groups -OCH3 is 1. The van der Waals surface area contributed by atoms with Crippen LogP contribution in [0.15, 0.2) is 78.9 Å². The van der Waals surface area contributed by atoms with E-state index in [1.807, 2.05) is 74.7 Å². The molecule has 13 heteroatoms. The van der Waals surface area contributed by atoms with Gasteiger partial charge in [-0.25, -0.2) is 0 Å². The first-order valence-corrected chi connectivity index (χ1v) is 19.2. The van der Waals surface area contributed by atoms with Crippen LogP contribution in [-0.2, 0) is 38.4 Å². The maximum Gasteiger partial charge on any atom is 0.254 e. The van der Waals surface area contributed by atoms with Crippen molar-refractivity contribution >= 4 is 47.2 Å². The molecule has 1 fully saturated rings. The summed E-state index contributed by atoms with van der Waals surface area (Å²) in [4.78, 5) is 56.3. The summed E-state index contributed by atoms with van der Waals surface area (Å²) in [5.41, 5.74) is 3.28. The van der Waals surface area contributed by atoms with Gasteiger partial charge >= 0.3 is 0 Å². The smallest absolute Gasteiger partial charge is 0.254 e. The number of aliphatic hydroxyl groups excluding tert-OH is 2. The Kier molecular flexibility index (Phi) is 12.7. The summed E-state index contributed by atoms with van der Waals surface area (Å²) >= 11 is 2.78. The molecule has 0 spiro atoms. The van der Waals surface area contributed by atoms with Crippen LogP contribution >= 0.6 is 23.5 Å². The Labute approximate surface area is 307 Å². The van der Waals surface area contributed by atoms with E-state index in [9.17, 15) is 29.4 Å². The molecule has 3 aromatic carbocycles. The van der Waals surface area contributed by atoms with Gasteiger partial charge in [-0.3, -0.25) is 19.2 Å². The minimum Gasteiger partial charge on any atom is -0.497 e. The molecule has 3 aromatic rings. The first-order valence-electron chi connectivity index (χ1n) is 16.9. The van der Waals surface area contributed by atoms with Crippen LogP contribution in [-0.4, -0.2) is 98.8 Å². The Balaban J connectivity index is 1.33. The summed E-state index contributed by atoms with van der Waals surface area (Å²) in [6.45, 7) is 3.73. The van der Waals surface area contributed by atoms with Gasteiger partial charge in [0.2, 0.25) is 17.7 Å². The highest BCUT2D eigenvalue weighted by molar-refractivity contribution is 8.00. The Bertz CT molecular complexity index is 1710. The quantitative estimate of drug-likeness (QED) is 0.168. The molecule has 5 N–H and O–H groups in total. The number of amides is 4. The van der Waals surface area contributed by atoms with Gasteiger partial charge in [-0.15, -0.1) is 11.8 Å². The second-order valence-corrected chi connectivity index (χ2v) is 15.9. The molecule has 0 radical (unpaired) electrons. The maximum absolute atomic E-state index is 14.2. The number of rotatable bonds is 14. The molecule has 2 aliphatic rings. The van der Waals surface area contributed by atoms with Crippen molar-refractivity contribution < 1.29 is 34.1 Å². The molecular weight excluding hydrogens is 689 g/mol. The van der Waals surface area contributed by atoms with Crippen LogP contribution in [0.5, 0.6) is 5.75 Å². The molecule has 1 saturated heterocycles. The molecule has 0 aromatic heterocycles. The Morgan fingerprint density at radius 2 is 1.71 bits per heavy atom. The van der Waals surface area contributed by atoms with Crippen LogP contribution in [0.25, 0.3) is 0 Å². The van der Waals surface area contributed by atoms with Crippen LogP contribution in [0.3, 0.4) is 0 Å². The number of nitrogens with zero attached hydrogens (tertiary/aromatic N) is 1. The fourth-order valence-corrected chi connectivity index (χ4v) is 8.40. The molecule has 272 valence electrons. The van der Waals surface area contributed by atoms with Gasteiger partial charge < -0.3 is 35.8 Å². The van der Waals surface area contributed by atoms with E-state index in [2.05, 4.69) is 16.0 Å². The maximum atomic E-state index is 14.2. The van der Waals surface area contributed by atoms with Gasteiger partial charge in [0.15, 0.2) is 6.10 Å². The fraction of sp³-hybridized carbons (Fsp3) is 0.421. The molecule has 4 amide bonds. The summed E-state index contributed by atoms with van der Waals surface area (Å²) in [6.07, 6.45) is -0.150. The highest BCUT2D eigenvalue weighted by Crippen LogP contribution is 2.41. The fourth-order valence-electron chi connectivity index (χ4n) is 6.69. The third-order valence-corrected chi connectivity index (χ3v) is 11.4. The molecular formula is C38H46N4O7S2. The minimum atomic E-state index is -1.71. The molecule has 6 unspecified atom stereocenters. The second-order valence-electron chi connectivity index (χ2n) is 13.4. The zero-order valence-corrected chi connectivity index (χ0v) is 30.8. The number of thioether (sulfide) groups is 2. The zero-order chi connectivity index (χ0) is 36.7. The average molecular weight is 735 g/mol. The van der Waals surface area contributed by atoms with Gasteiger partial charge in [-0.2, -0.15) is 11.8 Å². The Morgan fingerprint density at radius 1 is 1.00 bits per heavy atom. The van der Waals surface area contributed by atoms with Gasteiger partial charge in [0.25, 0.3) is 5.91 Å². The van der Waals surface area contributed by atoms with Crippen molar-refractivity contribution in [2.45, 2.75) is 74.2 Å². The van der Waals surface area contributed by atoms with E-state index < -0.39 is 58.8 Å². The predicted molar refractivity (Wildman–Crippen MR) is 199 cm³/mol. The lowest BCUT2D eigenvalue weighted by molar-refractivity contribution is -0.148. The lowest BCUT2D eigenvalue weighted by atomic mass is 9.96. The highest BCUT2D eigenvalue weighted by Gasteiger charge is 2.51. The molecule has 5 rings (SSSR count). The first kappa shape index (κ1) is 38.2. The molecule has 6 atom stereocenters. The highest BCUT2D eigenvalue weighted by atomic mass is 32.2. The summed E-state index contributed by atoms with van der Waals surface area (Å²) in [7, 11) is 1.54. The molecule has 0 bridgehead atoms. The normalized spacial score (nSPS) is 20.8. The van der Waals surface area contributed by atoms with Crippen molar-refractivity contribution in [2.75, 3.05) is 25.0 Å². The lowest BCUT2D eigenvalue weighted by Gasteiger charge is -2.34. The zero-order valence-electron chi connectivity index (χ0n) is 29.2. The number of hydrogen-bond donors (Lipinski definition) is 5. The lowest BCUT2D eigenvalue weighted by Crippen LogP contribution is -2.60. The van der Waals surface area contributed by atoms with Crippen molar-refractivity contribution in [3.8, 4) is 5.75 Å². The van der Waals surface area contributed by atoms with Crippen LogP contribution in [0.1, 0.15) is 42.1 Å². The van der Waals surface area contributed by atoms with E-state index in [0.29, 0.717) is 12.2 Å². The van der Waals surface area contributed by atoms with Gasteiger partial charge in [0.1, 0.15) is 17.8 Å². The van der Waals surface area contributed by atoms with E-state index in [-0.39, 0.29) is 30.4 Å². The van der Waals surface area contributed by atoms with E-state index in [0.717, 1.165) is 22.3 Å². The topological polar surface area (TPSA) is 157 Å². The van der Waals surface area contributed by atoms with E-state index in [1.165, 1.54) is 28.4 Å². The number of benzene rings is 3. The number of fused-ring (bicyclic) bond motifs is 1. The molecule has 1 aliphatic carbocycles. The second kappa shape index (κ2) is 17.0. The van der Waals surface area contributed by atoms with Crippen molar-refractivity contribution in [2.24, 2.45) is 0 Å². The largest absolute Gasteiger partial charge is 0.497 e. The van der Waals surface area contributed by atoms with Crippen molar-refractivity contribution in [3.05, 3.63) is 101 Å². The van der Waals surface area contributed by atoms with Crippen molar-refractivity contribution in [1.82, 2.24) is 20.9 Å². The third-order valence-electron chi connectivity index (χ3n) is 9.32. The number of aliphatic hydroxyl groups is 2. The minimum absolute atomic E-state index is 0.0270. The van der Waals surface area contributed by atoms with Crippen LogP contribution in [0.2, 0.25) is 0 Å². The van der Waals surface area contributed by atoms with Crippen LogP contribution in [0, 0.1) is 0 Å². The number of hydrogen-bond acceptors (Lipinski definition) is 9. The van der Waals surface area contributed by atoms with Crippen LogP contribution < -0.4 is 20.7 Å². The number of nitrogens with one attached hydrogen (secondary N) is 3. The molecule has 11 nitrogen and oxygen atoms in total. The predicted octanol–water partition coefficient (Wildman–Crippen LogP) is 2.63. The standard InChI is InChI=1S/C38H46N4O7S2/c1-38(2)34(36(47)41-32-27-16-9-8-14-25(27)20-30(32)43)42(22-51-38)37(48)33(45)28(18-23-11-6-5-7-12-23)40-35(46)29(21-50-4)39-31(44)19-24-13-10-15-26(17-24)49-3/h5-17,28-30,32-34,43,45H,18-22H2,1-4H3,(H,39,44)(H,40,46)(H,41,47). The number of carbonyl (C=O) groups is 4. The average Bonchev–Trinajstić information content (AvgIpc) is 3.61. The summed E-state index contributed by atoms with van der Waals surface area (Å²) in [6, 6.07) is 20.2. The number of carbonyl (C=O) groups excluding carboxylic acids is 4. The molecule has 0 saturated carbocycles. The third kappa shape index (κ3) is 9.26. The number of ether oxygens (including phenoxy) is 1. The Hall–Kier alpha value is -4.04. The van der Waals surface area contributed by atoms with Crippen molar-refractivity contribution in [3.63, 3.8) is 0 Å². The SMILES string of the molecule is COc1cccc(CC(=O)NC(CSC)C(=O)NC(Cc2ccccc2)C(O)C(=O)N2CSC(C)(C)C2C(=O)NC2c3ccccc3CC2O)c1. The van der Waals surface area contributed by atoms with Gasteiger partial charge in [0, 0.05) is 16.9 Å². The monoisotopic (exact) mass is 734 g/mol.